The fraction of sp³-hybridized carbons (Fsp3) is 0.0952. The Balaban J connectivity index is 1.54. The van der Waals surface area contributed by atoms with E-state index in [0.29, 0.717) is 17.2 Å². The first-order chi connectivity index (χ1) is 13.6. The normalized spacial score (nSPS) is 11.0. The van der Waals surface area contributed by atoms with E-state index < -0.39 is 0 Å². The number of likely N-dealkylation sites (N-methyl/N-ethyl adjacent to an activating group) is 1. The molecule has 0 aliphatic carbocycles. The standard InChI is InChI=1S/C21H20N4O3/c1-25(17-8-4-2-5-9-17)20(26)15-27-24-21(22)16-12-13-19(23-14-16)28-18-10-6-3-7-11-18/h2-14H,15H2,1H3,(H2,22,24). The summed E-state index contributed by atoms with van der Waals surface area (Å²) in [5.74, 6) is 0.999. The molecule has 0 spiro atoms. The second kappa shape index (κ2) is 9.18. The number of nitrogens with zero attached hydrogens (tertiary/aromatic N) is 3. The van der Waals surface area contributed by atoms with Crippen LogP contribution in [0, 0.1) is 0 Å². The second-order valence-electron chi connectivity index (χ2n) is 5.84. The minimum Gasteiger partial charge on any atom is -0.439 e. The molecule has 142 valence electrons. The summed E-state index contributed by atoms with van der Waals surface area (Å²) in [5, 5.41) is 3.79. The molecule has 0 aliphatic heterocycles. The van der Waals surface area contributed by atoms with E-state index in [-0.39, 0.29) is 18.3 Å². The monoisotopic (exact) mass is 376 g/mol. The Hall–Kier alpha value is -3.87. The van der Waals surface area contributed by atoms with Crippen LogP contribution in [0.3, 0.4) is 0 Å². The number of hydrogen-bond acceptors (Lipinski definition) is 5. The molecule has 28 heavy (non-hydrogen) atoms. The Morgan fingerprint density at radius 2 is 1.71 bits per heavy atom. The third-order valence-corrected chi connectivity index (χ3v) is 3.87. The number of nitrogens with two attached hydrogens (primary N) is 1. The third kappa shape index (κ3) is 5.07. The van der Waals surface area contributed by atoms with Crippen LogP contribution in [0.1, 0.15) is 5.56 Å². The van der Waals surface area contributed by atoms with Gasteiger partial charge in [-0.3, -0.25) is 4.79 Å². The van der Waals surface area contributed by atoms with Gasteiger partial charge in [0.15, 0.2) is 12.4 Å². The highest BCUT2D eigenvalue weighted by Crippen LogP contribution is 2.18. The molecule has 0 atom stereocenters. The van der Waals surface area contributed by atoms with E-state index in [2.05, 4.69) is 10.1 Å². The summed E-state index contributed by atoms with van der Waals surface area (Å²) in [5.41, 5.74) is 7.22. The minimum absolute atomic E-state index is 0.119. The zero-order valence-electron chi connectivity index (χ0n) is 15.4. The van der Waals surface area contributed by atoms with Gasteiger partial charge in [0, 0.05) is 30.6 Å². The zero-order chi connectivity index (χ0) is 19.8. The molecule has 7 nitrogen and oxygen atoms in total. The molecule has 0 saturated carbocycles. The van der Waals surface area contributed by atoms with Gasteiger partial charge in [-0.25, -0.2) is 4.98 Å². The van der Waals surface area contributed by atoms with Crippen LogP contribution >= 0.6 is 0 Å². The molecule has 0 fully saturated rings. The molecule has 3 rings (SSSR count). The molecule has 2 N–H and O–H groups in total. The van der Waals surface area contributed by atoms with E-state index in [1.165, 1.54) is 11.1 Å². The van der Waals surface area contributed by atoms with Crippen LogP contribution in [0.2, 0.25) is 0 Å². The van der Waals surface area contributed by atoms with E-state index in [9.17, 15) is 4.79 Å². The number of hydrogen-bond donors (Lipinski definition) is 1. The van der Waals surface area contributed by atoms with Crippen molar-refractivity contribution in [1.29, 1.82) is 0 Å². The van der Waals surface area contributed by atoms with Gasteiger partial charge in [-0.2, -0.15) is 0 Å². The number of amidine groups is 1. The number of pyridine rings is 1. The molecule has 7 heteroatoms. The lowest BCUT2D eigenvalue weighted by molar-refractivity contribution is -0.122. The summed E-state index contributed by atoms with van der Waals surface area (Å²) in [6.07, 6.45) is 1.53. The first-order valence-electron chi connectivity index (χ1n) is 8.60. The van der Waals surface area contributed by atoms with E-state index >= 15 is 0 Å². The molecule has 1 aromatic heterocycles. The second-order valence-corrected chi connectivity index (χ2v) is 5.84. The van der Waals surface area contributed by atoms with Crippen LogP contribution in [0.15, 0.2) is 84.1 Å². The number of oxime groups is 1. The lowest BCUT2D eigenvalue weighted by Gasteiger charge is -2.16. The SMILES string of the molecule is CN(C(=O)CO/N=C(\N)c1ccc(Oc2ccccc2)nc1)c1ccccc1. The van der Waals surface area contributed by atoms with E-state index in [0.717, 1.165) is 5.69 Å². The van der Waals surface area contributed by atoms with Crippen molar-refractivity contribution >= 4 is 17.4 Å². The van der Waals surface area contributed by atoms with E-state index in [4.69, 9.17) is 15.3 Å². The first kappa shape index (κ1) is 18.9. The van der Waals surface area contributed by atoms with Gasteiger partial charge in [0.1, 0.15) is 5.75 Å². The predicted molar refractivity (Wildman–Crippen MR) is 107 cm³/mol. The number of ether oxygens (including phenoxy) is 1. The van der Waals surface area contributed by atoms with Crippen LogP contribution in [0.25, 0.3) is 0 Å². The van der Waals surface area contributed by atoms with E-state index in [1.54, 1.807) is 19.2 Å². The van der Waals surface area contributed by atoms with Crippen molar-refractivity contribution in [2.24, 2.45) is 10.9 Å². The molecule has 0 saturated heterocycles. The number of benzene rings is 2. The quantitative estimate of drug-likeness (QED) is 0.389. The Morgan fingerprint density at radius 1 is 1.04 bits per heavy atom. The van der Waals surface area contributed by atoms with Crippen LogP contribution in [0.4, 0.5) is 5.69 Å². The molecule has 1 heterocycles. The Bertz CT molecular complexity index is 929. The zero-order valence-corrected chi connectivity index (χ0v) is 15.4. The molecule has 0 radical (unpaired) electrons. The topological polar surface area (TPSA) is 90.0 Å². The van der Waals surface area contributed by atoms with Crippen molar-refractivity contribution in [2.45, 2.75) is 0 Å². The van der Waals surface area contributed by atoms with Gasteiger partial charge in [-0.1, -0.05) is 41.6 Å². The summed E-state index contributed by atoms with van der Waals surface area (Å²) in [7, 11) is 1.67. The number of aromatic nitrogens is 1. The first-order valence-corrected chi connectivity index (χ1v) is 8.60. The highest BCUT2D eigenvalue weighted by atomic mass is 16.6. The minimum atomic E-state index is -0.243. The number of rotatable bonds is 7. The molecular formula is C21H20N4O3. The lowest BCUT2D eigenvalue weighted by Crippen LogP contribution is -2.29. The van der Waals surface area contributed by atoms with Gasteiger partial charge >= 0.3 is 0 Å². The highest BCUT2D eigenvalue weighted by Gasteiger charge is 2.11. The Morgan fingerprint density at radius 3 is 2.36 bits per heavy atom. The van der Waals surface area contributed by atoms with Gasteiger partial charge in [-0.05, 0) is 30.3 Å². The fourth-order valence-corrected chi connectivity index (χ4v) is 2.30. The molecule has 3 aromatic rings. The number of carbonyl (C=O) groups excluding carboxylic acids is 1. The number of carbonyl (C=O) groups is 1. The fourth-order valence-electron chi connectivity index (χ4n) is 2.30. The maximum absolute atomic E-state index is 12.1. The van der Waals surface area contributed by atoms with Gasteiger partial charge in [-0.15, -0.1) is 0 Å². The summed E-state index contributed by atoms with van der Waals surface area (Å²) in [4.78, 5) is 22.9. The van der Waals surface area contributed by atoms with Crippen LogP contribution in [0.5, 0.6) is 11.6 Å². The molecule has 0 bridgehead atoms. The largest absolute Gasteiger partial charge is 0.439 e. The van der Waals surface area contributed by atoms with Crippen molar-refractivity contribution < 1.29 is 14.4 Å². The summed E-state index contributed by atoms with van der Waals surface area (Å²) >= 11 is 0. The van der Waals surface area contributed by atoms with Crippen molar-refractivity contribution in [3.05, 3.63) is 84.6 Å². The average Bonchev–Trinajstić information content (AvgIpc) is 2.75. The van der Waals surface area contributed by atoms with Crippen molar-refractivity contribution in [3.8, 4) is 11.6 Å². The average molecular weight is 376 g/mol. The number of para-hydroxylation sites is 2. The number of amides is 1. The molecule has 1 amide bonds. The van der Waals surface area contributed by atoms with Gasteiger partial charge in [0.2, 0.25) is 5.88 Å². The summed E-state index contributed by atoms with van der Waals surface area (Å²) in [6.45, 7) is -0.227. The summed E-state index contributed by atoms with van der Waals surface area (Å²) < 4.78 is 5.62. The maximum atomic E-state index is 12.1. The summed E-state index contributed by atoms with van der Waals surface area (Å²) in [6, 6.07) is 22.0. The number of anilines is 1. The van der Waals surface area contributed by atoms with Gasteiger partial charge < -0.3 is 20.2 Å². The van der Waals surface area contributed by atoms with Gasteiger partial charge in [0.25, 0.3) is 5.91 Å². The maximum Gasteiger partial charge on any atom is 0.267 e. The Kier molecular flexibility index (Phi) is 6.20. The van der Waals surface area contributed by atoms with Gasteiger partial charge in [0.05, 0.1) is 0 Å². The third-order valence-electron chi connectivity index (χ3n) is 3.87. The van der Waals surface area contributed by atoms with Crippen molar-refractivity contribution in [3.63, 3.8) is 0 Å². The predicted octanol–water partition coefficient (Wildman–Crippen LogP) is 3.17. The van der Waals surface area contributed by atoms with Crippen LogP contribution in [-0.4, -0.2) is 30.4 Å². The smallest absolute Gasteiger partial charge is 0.267 e. The lowest BCUT2D eigenvalue weighted by atomic mass is 10.3. The molecule has 2 aromatic carbocycles. The molecule has 0 unspecified atom stereocenters. The highest BCUT2D eigenvalue weighted by molar-refractivity contribution is 5.97. The van der Waals surface area contributed by atoms with Crippen molar-refractivity contribution in [1.82, 2.24) is 4.98 Å². The van der Waals surface area contributed by atoms with E-state index in [1.807, 2.05) is 60.7 Å². The van der Waals surface area contributed by atoms with Crippen molar-refractivity contribution in [2.75, 3.05) is 18.6 Å². The molecular weight excluding hydrogens is 356 g/mol. The van der Waals surface area contributed by atoms with Crippen LogP contribution < -0.4 is 15.4 Å². The van der Waals surface area contributed by atoms with Crippen LogP contribution in [-0.2, 0) is 9.63 Å². The molecule has 0 aliphatic rings. The Labute approximate surface area is 163 Å².